The van der Waals surface area contributed by atoms with Crippen LogP contribution in [0.2, 0.25) is 0 Å². The van der Waals surface area contributed by atoms with E-state index in [2.05, 4.69) is 47.3 Å². The van der Waals surface area contributed by atoms with Crippen LogP contribution in [0.4, 0.5) is 0 Å². The molecule has 0 saturated carbocycles. The van der Waals surface area contributed by atoms with Gasteiger partial charge >= 0.3 is 0 Å². The number of nitrogens with zero attached hydrogens (tertiary/aromatic N) is 2. The highest BCUT2D eigenvalue weighted by Crippen LogP contribution is 2.20. The Morgan fingerprint density at radius 2 is 1.88 bits per heavy atom. The minimum Gasteiger partial charge on any atom is -0.493 e. The Bertz CT molecular complexity index is 820. The van der Waals surface area contributed by atoms with Gasteiger partial charge in [0.15, 0.2) is 0 Å². The molecule has 0 amide bonds. The smallest absolute Gasteiger partial charge is 0.122 e. The molecular weight excluding hydrogens is 296 g/mol. The average molecular weight is 320 g/mol. The van der Waals surface area contributed by atoms with Crippen LogP contribution in [0.25, 0.3) is 11.0 Å². The second-order valence-electron chi connectivity index (χ2n) is 5.96. The van der Waals surface area contributed by atoms with Gasteiger partial charge in [0, 0.05) is 6.54 Å². The zero-order chi connectivity index (χ0) is 16.8. The van der Waals surface area contributed by atoms with Gasteiger partial charge in [-0.05, 0) is 49.9 Å². The molecule has 0 fully saturated rings. The summed E-state index contributed by atoms with van der Waals surface area (Å²) in [5.74, 6) is 2.05. The van der Waals surface area contributed by atoms with Crippen LogP contribution in [0.1, 0.15) is 24.2 Å². The molecule has 3 heteroatoms. The molecule has 0 spiro atoms. The number of hydrogen-bond acceptors (Lipinski definition) is 2. The lowest BCUT2D eigenvalue weighted by Crippen LogP contribution is -2.04. The molecule has 0 radical (unpaired) electrons. The standard InChI is InChI=1S/C21H24N2O/c1-3-10-18-11-4-7-14-21(18)24-16-9-8-15-23-17(2)22-19-12-5-6-13-20(19)23/h3-7,11-14H,1,8-10,15-16H2,2H3. The van der Waals surface area contributed by atoms with Crippen molar-refractivity contribution in [3.63, 3.8) is 0 Å². The first kappa shape index (κ1) is 16.3. The lowest BCUT2D eigenvalue weighted by Gasteiger charge is -2.11. The lowest BCUT2D eigenvalue weighted by molar-refractivity contribution is 0.301. The molecule has 124 valence electrons. The van der Waals surface area contributed by atoms with E-state index in [-0.39, 0.29) is 0 Å². The molecule has 0 unspecified atom stereocenters. The maximum atomic E-state index is 5.95. The molecule has 0 aliphatic carbocycles. The first-order valence-electron chi connectivity index (χ1n) is 8.53. The van der Waals surface area contributed by atoms with Gasteiger partial charge in [-0.25, -0.2) is 4.98 Å². The lowest BCUT2D eigenvalue weighted by atomic mass is 10.1. The predicted molar refractivity (Wildman–Crippen MR) is 99.5 cm³/mol. The molecule has 0 saturated heterocycles. The summed E-state index contributed by atoms with van der Waals surface area (Å²) in [5, 5.41) is 0. The number of aromatic nitrogens is 2. The monoisotopic (exact) mass is 320 g/mol. The SMILES string of the molecule is C=CCc1ccccc1OCCCCn1c(C)nc2ccccc21. The topological polar surface area (TPSA) is 27.1 Å². The van der Waals surface area contributed by atoms with Crippen LogP contribution in [0.3, 0.4) is 0 Å². The van der Waals surface area contributed by atoms with Crippen LogP contribution in [-0.2, 0) is 13.0 Å². The van der Waals surface area contributed by atoms with Crippen molar-refractivity contribution < 1.29 is 4.74 Å². The van der Waals surface area contributed by atoms with Gasteiger partial charge in [-0.15, -0.1) is 6.58 Å². The molecule has 3 aromatic rings. The molecule has 0 bridgehead atoms. The fourth-order valence-electron chi connectivity index (χ4n) is 3.00. The molecular formula is C21H24N2O. The molecule has 1 aromatic heterocycles. The number of benzene rings is 2. The summed E-state index contributed by atoms with van der Waals surface area (Å²) < 4.78 is 8.25. The fourth-order valence-corrected chi connectivity index (χ4v) is 3.00. The van der Waals surface area contributed by atoms with Crippen LogP contribution in [0.5, 0.6) is 5.75 Å². The Balaban J connectivity index is 1.52. The normalized spacial score (nSPS) is 10.9. The van der Waals surface area contributed by atoms with Gasteiger partial charge in [0.05, 0.1) is 17.6 Å². The molecule has 2 aromatic carbocycles. The van der Waals surface area contributed by atoms with Gasteiger partial charge in [-0.3, -0.25) is 0 Å². The van der Waals surface area contributed by atoms with Crippen LogP contribution in [0.15, 0.2) is 61.2 Å². The van der Waals surface area contributed by atoms with Gasteiger partial charge in [0.2, 0.25) is 0 Å². The number of para-hydroxylation sites is 3. The van der Waals surface area contributed by atoms with E-state index in [1.807, 2.05) is 30.3 Å². The van der Waals surface area contributed by atoms with E-state index in [4.69, 9.17) is 4.74 Å². The van der Waals surface area contributed by atoms with E-state index in [1.165, 1.54) is 11.1 Å². The number of unbranched alkanes of at least 4 members (excludes halogenated alkanes) is 1. The Labute approximate surface area is 143 Å². The molecule has 24 heavy (non-hydrogen) atoms. The molecule has 0 aliphatic rings. The van der Waals surface area contributed by atoms with Gasteiger partial charge < -0.3 is 9.30 Å². The number of aryl methyl sites for hydroxylation is 2. The van der Waals surface area contributed by atoms with Crippen molar-refractivity contribution in [2.75, 3.05) is 6.61 Å². The number of imidazole rings is 1. The van der Waals surface area contributed by atoms with Crippen molar-refractivity contribution in [3.05, 3.63) is 72.6 Å². The third kappa shape index (κ3) is 3.67. The van der Waals surface area contributed by atoms with E-state index < -0.39 is 0 Å². The second kappa shape index (κ2) is 7.82. The summed E-state index contributed by atoms with van der Waals surface area (Å²) in [7, 11) is 0. The zero-order valence-electron chi connectivity index (χ0n) is 14.2. The fraction of sp³-hybridized carbons (Fsp3) is 0.286. The number of allylic oxidation sites excluding steroid dienone is 1. The summed E-state index contributed by atoms with van der Waals surface area (Å²) in [6, 6.07) is 16.5. The number of fused-ring (bicyclic) bond motifs is 1. The van der Waals surface area contributed by atoms with Crippen molar-refractivity contribution in [3.8, 4) is 5.75 Å². The Hall–Kier alpha value is -2.55. The third-order valence-electron chi connectivity index (χ3n) is 4.22. The molecule has 0 atom stereocenters. The molecule has 3 nitrogen and oxygen atoms in total. The van der Waals surface area contributed by atoms with Crippen molar-refractivity contribution in [2.45, 2.75) is 32.7 Å². The number of rotatable bonds is 8. The summed E-state index contributed by atoms with van der Waals surface area (Å²) in [5.41, 5.74) is 3.49. The van der Waals surface area contributed by atoms with Crippen LogP contribution in [0, 0.1) is 6.92 Å². The predicted octanol–water partition coefficient (Wildman–Crippen LogP) is 4.93. The van der Waals surface area contributed by atoms with Gasteiger partial charge in [0.25, 0.3) is 0 Å². The molecule has 1 heterocycles. The first-order chi connectivity index (χ1) is 11.8. The van der Waals surface area contributed by atoms with Crippen LogP contribution in [-0.4, -0.2) is 16.2 Å². The molecule has 0 aliphatic heterocycles. The van der Waals surface area contributed by atoms with Crippen molar-refractivity contribution in [1.82, 2.24) is 9.55 Å². The van der Waals surface area contributed by atoms with Crippen molar-refractivity contribution >= 4 is 11.0 Å². The zero-order valence-corrected chi connectivity index (χ0v) is 14.2. The second-order valence-corrected chi connectivity index (χ2v) is 5.96. The maximum absolute atomic E-state index is 5.95. The van der Waals surface area contributed by atoms with Crippen molar-refractivity contribution in [2.24, 2.45) is 0 Å². The average Bonchev–Trinajstić information content (AvgIpc) is 2.92. The first-order valence-corrected chi connectivity index (χ1v) is 8.53. The third-order valence-corrected chi connectivity index (χ3v) is 4.22. The van der Waals surface area contributed by atoms with E-state index in [0.29, 0.717) is 0 Å². The summed E-state index contributed by atoms with van der Waals surface area (Å²) in [4.78, 5) is 4.61. The Morgan fingerprint density at radius 1 is 1.08 bits per heavy atom. The highest BCUT2D eigenvalue weighted by molar-refractivity contribution is 5.75. The summed E-state index contributed by atoms with van der Waals surface area (Å²) in [6.07, 6.45) is 4.85. The van der Waals surface area contributed by atoms with Crippen LogP contribution >= 0.6 is 0 Å². The Morgan fingerprint density at radius 3 is 2.75 bits per heavy atom. The largest absolute Gasteiger partial charge is 0.493 e. The van der Waals surface area contributed by atoms with Gasteiger partial charge in [0.1, 0.15) is 11.6 Å². The minimum absolute atomic E-state index is 0.736. The van der Waals surface area contributed by atoms with E-state index in [1.54, 1.807) is 0 Å². The van der Waals surface area contributed by atoms with Gasteiger partial charge in [-0.2, -0.15) is 0 Å². The van der Waals surface area contributed by atoms with E-state index in [9.17, 15) is 0 Å². The summed E-state index contributed by atoms with van der Waals surface area (Å²) in [6.45, 7) is 7.59. The minimum atomic E-state index is 0.736. The van der Waals surface area contributed by atoms with E-state index in [0.717, 1.165) is 49.5 Å². The molecule has 0 N–H and O–H groups in total. The number of hydrogen-bond donors (Lipinski definition) is 0. The van der Waals surface area contributed by atoms with E-state index >= 15 is 0 Å². The molecule has 3 rings (SSSR count). The summed E-state index contributed by atoms with van der Waals surface area (Å²) >= 11 is 0. The van der Waals surface area contributed by atoms with Crippen molar-refractivity contribution in [1.29, 1.82) is 0 Å². The number of ether oxygens (including phenoxy) is 1. The van der Waals surface area contributed by atoms with Crippen LogP contribution < -0.4 is 4.74 Å². The highest BCUT2D eigenvalue weighted by atomic mass is 16.5. The maximum Gasteiger partial charge on any atom is 0.122 e. The Kier molecular flexibility index (Phi) is 5.32. The van der Waals surface area contributed by atoms with Gasteiger partial charge in [-0.1, -0.05) is 36.4 Å². The quantitative estimate of drug-likeness (QED) is 0.434. The highest BCUT2D eigenvalue weighted by Gasteiger charge is 2.06.